The third-order valence-electron chi connectivity index (χ3n) is 2.72. The Morgan fingerprint density at radius 3 is 2.67 bits per heavy atom. The molecule has 0 aliphatic carbocycles. The molecule has 0 N–H and O–H groups in total. The van der Waals surface area contributed by atoms with Gasteiger partial charge in [-0.3, -0.25) is 10.1 Å². The zero-order chi connectivity index (χ0) is 12.5. The summed E-state index contributed by atoms with van der Waals surface area (Å²) in [5.74, 6) is 0. The molecule has 0 radical (unpaired) electrons. The molecule has 0 amide bonds. The van der Waals surface area contributed by atoms with Gasteiger partial charge in [0.05, 0.1) is 16.7 Å². The Morgan fingerprint density at radius 1 is 1.17 bits per heavy atom. The SMILES string of the molecule is O=[N+]([O-])c1ccn2cc(-c3ccccc3)nc2c1. The van der Waals surface area contributed by atoms with Crippen LogP contribution in [-0.2, 0) is 0 Å². The smallest absolute Gasteiger partial charge is 0.274 e. The lowest BCUT2D eigenvalue weighted by Gasteiger charge is -1.92. The van der Waals surface area contributed by atoms with Gasteiger partial charge in [0.2, 0.25) is 0 Å². The molecule has 0 aliphatic heterocycles. The van der Waals surface area contributed by atoms with Crippen LogP contribution < -0.4 is 0 Å². The highest BCUT2D eigenvalue weighted by atomic mass is 16.6. The highest BCUT2D eigenvalue weighted by Crippen LogP contribution is 2.20. The van der Waals surface area contributed by atoms with E-state index in [0.29, 0.717) is 5.65 Å². The van der Waals surface area contributed by atoms with Crippen molar-refractivity contribution in [1.82, 2.24) is 9.38 Å². The van der Waals surface area contributed by atoms with E-state index in [1.807, 2.05) is 36.5 Å². The van der Waals surface area contributed by atoms with Crippen LogP contribution in [0.4, 0.5) is 5.69 Å². The number of nitrogens with zero attached hydrogens (tertiary/aromatic N) is 3. The first-order chi connectivity index (χ1) is 8.74. The van der Waals surface area contributed by atoms with Gasteiger partial charge in [-0.1, -0.05) is 30.3 Å². The van der Waals surface area contributed by atoms with Gasteiger partial charge in [0.1, 0.15) is 5.65 Å². The first kappa shape index (κ1) is 10.5. The molecule has 0 fully saturated rings. The zero-order valence-electron chi connectivity index (χ0n) is 9.35. The average Bonchev–Trinajstić information content (AvgIpc) is 2.82. The Hall–Kier alpha value is -2.69. The maximum Gasteiger partial charge on any atom is 0.274 e. The normalized spacial score (nSPS) is 10.7. The molecule has 18 heavy (non-hydrogen) atoms. The largest absolute Gasteiger partial charge is 0.306 e. The molecule has 5 heteroatoms. The number of pyridine rings is 1. The second kappa shape index (κ2) is 3.96. The molecule has 0 bridgehead atoms. The lowest BCUT2D eigenvalue weighted by molar-refractivity contribution is -0.384. The highest BCUT2D eigenvalue weighted by Gasteiger charge is 2.09. The fraction of sp³-hybridized carbons (Fsp3) is 0. The molecule has 5 nitrogen and oxygen atoms in total. The Morgan fingerprint density at radius 2 is 1.94 bits per heavy atom. The first-order valence-corrected chi connectivity index (χ1v) is 5.42. The number of rotatable bonds is 2. The maximum atomic E-state index is 10.7. The van der Waals surface area contributed by atoms with Crippen molar-refractivity contribution >= 4 is 11.3 Å². The van der Waals surface area contributed by atoms with Crippen molar-refractivity contribution in [2.45, 2.75) is 0 Å². The average molecular weight is 239 g/mol. The Balaban J connectivity index is 2.14. The molecule has 0 unspecified atom stereocenters. The van der Waals surface area contributed by atoms with Crippen molar-refractivity contribution in [2.75, 3.05) is 0 Å². The minimum Gasteiger partial charge on any atom is -0.306 e. The van der Waals surface area contributed by atoms with Crippen LogP contribution in [0, 0.1) is 10.1 Å². The first-order valence-electron chi connectivity index (χ1n) is 5.42. The van der Waals surface area contributed by atoms with Gasteiger partial charge in [0.25, 0.3) is 5.69 Å². The van der Waals surface area contributed by atoms with E-state index in [1.165, 1.54) is 12.1 Å². The molecule has 3 rings (SSSR count). The van der Waals surface area contributed by atoms with E-state index < -0.39 is 4.92 Å². The Kier molecular flexibility index (Phi) is 2.30. The standard InChI is InChI=1S/C13H9N3O2/c17-16(18)11-6-7-15-9-12(14-13(15)8-11)10-4-2-1-3-5-10/h1-9H. The molecule has 88 valence electrons. The fourth-order valence-corrected chi connectivity index (χ4v) is 1.83. The summed E-state index contributed by atoms with van der Waals surface area (Å²) in [6.45, 7) is 0. The van der Waals surface area contributed by atoms with E-state index >= 15 is 0 Å². The summed E-state index contributed by atoms with van der Waals surface area (Å²) in [7, 11) is 0. The van der Waals surface area contributed by atoms with Crippen molar-refractivity contribution in [1.29, 1.82) is 0 Å². The van der Waals surface area contributed by atoms with Gasteiger partial charge in [0.15, 0.2) is 0 Å². The number of aromatic nitrogens is 2. The molecular formula is C13H9N3O2. The second-order valence-electron chi connectivity index (χ2n) is 3.90. The van der Waals surface area contributed by atoms with Gasteiger partial charge in [-0.05, 0) is 0 Å². The predicted octanol–water partition coefficient (Wildman–Crippen LogP) is 2.91. The van der Waals surface area contributed by atoms with E-state index in [4.69, 9.17) is 0 Å². The topological polar surface area (TPSA) is 60.4 Å². The molecule has 0 aliphatic rings. The number of fused-ring (bicyclic) bond motifs is 1. The summed E-state index contributed by atoms with van der Waals surface area (Å²) in [6.07, 6.45) is 3.50. The fourth-order valence-electron chi connectivity index (χ4n) is 1.83. The van der Waals surface area contributed by atoms with Crippen LogP contribution in [0.3, 0.4) is 0 Å². The summed E-state index contributed by atoms with van der Waals surface area (Å²) in [4.78, 5) is 14.7. The van der Waals surface area contributed by atoms with Crippen LogP contribution in [-0.4, -0.2) is 14.3 Å². The minimum absolute atomic E-state index is 0.0488. The molecule has 0 atom stereocenters. The van der Waals surface area contributed by atoms with E-state index in [-0.39, 0.29) is 5.69 Å². The zero-order valence-corrected chi connectivity index (χ0v) is 9.35. The van der Waals surface area contributed by atoms with Crippen LogP contribution >= 0.6 is 0 Å². The molecule has 0 spiro atoms. The van der Waals surface area contributed by atoms with Gasteiger partial charge in [-0.15, -0.1) is 0 Å². The van der Waals surface area contributed by atoms with Crippen molar-refractivity contribution in [3.8, 4) is 11.3 Å². The molecule has 1 aromatic carbocycles. The van der Waals surface area contributed by atoms with Crippen molar-refractivity contribution in [2.24, 2.45) is 0 Å². The molecule has 0 saturated carbocycles. The molecular weight excluding hydrogens is 230 g/mol. The van der Waals surface area contributed by atoms with Crippen LogP contribution in [0.5, 0.6) is 0 Å². The Labute approximate surface area is 102 Å². The Bertz CT molecular complexity index is 719. The van der Waals surface area contributed by atoms with Gasteiger partial charge < -0.3 is 4.40 Å². The minimum atomic E-state index is -0.420. The third-order valence-corrected chi connectivity index (χ3v) is 2.72. The number of hydrogen-bond acceptors (Lipinski definition) is 3. The number of nitro groups is 1. The summed E-state index contributed by atoms with van der Waals surface area (Å²) in [5.41, 5.74) is 2.41. The molecule has 3 aromatic rings. The van der Waals surface area contributed by atoms with Crippen LogP contribution in [0.2, 0.25) is 0 Å². The van der Waals surface area contributed by atoms with E-state index in [0.717, 1.165) is 11.3 Å². The van der Waals surface area contributed by atoms with Crippen molar-refractivity contribution in [3.63, 3.8) is 0 Å². The number of imidazole rings is 1. The maximum absolute atomic E-state index is 10.7. The molecule has 0 saturated heterocycles. The summed E-state index contributed by atoms with van der Waals surface area (Å²) >= 11 is 0. The lowest BCUT2D eigenvalue weighted by Crippen LogP contribution is -1.89. The van der Waals surface area contributed by atoms with E-state index in [1.54, 1.807) is 10.6 Å². The number of hydrogen-bond donors (Lipinski definition) is 0. The second-order valence-corrected chi connectivity index (χ2v) is 3.90. The lowest BCUT2D eigenvalue weighted by atomic mass is 10.2. The van der Waals surface area contributed by atoms with E-state index in [2.05, 4.69) is 4.98 Å². The third kappa shape index (κ3) is 1.71. The summed E-state index contributed by atoms with van der Waals surface area (Å²) < 4.78 is 1.77. The van der Waals surface area contributed by atoms with Crippen molar-refractivity contribution < 1.29 is 4.92 Å². The van der Waals surface area contributed by atoms with Crippen LogP contribution in [0.15, 0.2) is 54.9 Å². The van der Waals surface area contributed by atoms with Crippen LogP contribution in [0.25, 0.3) is 16.9 Å². The van der Waals surface area contributed by atoms with E-state index in [9.17, 15) is 10.1 Å². The quantitative estimate of drug-likeness (QED) is 0.510. The van der Waals surface area contributed by atoms with Crippen LogP contribution in [0.1, 0.15) is 0 Å². The highest BCUT2D eigenvalue weighted by molar-refractivity contribution is 5.63. The molecule has 2 aromatic heterocycles. The van der Waals surface area contributed by atoms with Gasteiger partial charge in [-0.2, -0.15) is 0 Å². The monoisotopic (exact) mass is 239 g/mol. The van der Waals surface area contributed by atoms with Gasteiger partial charge in [-0.25, -0.2) is 4.98 Å². The van der Waals surface area contributed by atoms with Crippen molar-refractivity contribution in [3.05, 3.63) is 65.0 Å². The molecule has 2 heterocycles. The van der Waals surface area contributed by atoms with Gasteiger partial charge >= 0.3 is 0 Å². The summed E-state index contributed by atoms with van der Waals surface area (Å²) in [6, 6.07) is 12.6. The summed E-state index contributed by atoms with van der Waals surface area (Å²) in [5, 5.41) is 10.7. The predicted molar refractivity (Wildman–Crippen MR) is 67.3 cm³/mol. The number of benzene rings is 1. The van der Waals surface area contributed by atoms with Gasteiger partial charge in [0, 0.05) is 24.0 Å².